The van der Waals surface area contributed by atoms with E-state index in [1.807, 2.05) is 0 Å². The Kier molecular flexibility index (Phi) is 3.19. The lowest BCUT2D eigenvalue weighted by Crippen LogP contribution is -2.04. The molecule has 0 fully saturated rings. The van der Waals surface area contributed by atoms with Gasteiger partial charge in [-0.1, -0.05) is 23.7 Å². The molecule has 0 amide bonds. The van der Waals surface area contributed by atoms with Crippen LogP contribution < -0.4 is 4.74 Å². The average molecular weight is 207 g/mol. The van der Waals surface area contributed by atoms with E-state index in [2.05, 4.69) is 9.03 Å². The molecule has 0 atom stereocenters. The highest BCUT2D eigenvalue weighted by atomic mass is 35.5. The second-order valence-corrected chi connectivity index (χ2v) is 2.42. The highest BCUT2D eigenvalue weighted by Crippen LogP contribution is 2.23. The fourth-order valence-electron chi connectivity index (χ4n) is 0.633. The van der Waals surface area contributed by atoms with Crippen molar-refractivity contribution in [3.63, 3.8) is 0 Å². The summed E-state index contributed by atoms with van der Waals surface area (Å²) in [4.78, 5) is 10.5. The summed E-state index contributed by atoms with van der Waals surface area (Å²) in [5.41, 5.74) is 0. The van der Waals surface area contributed by atoms with E-state index >= 15 is 0 Å². The Morgan fingerprint density at radius 1 is 1.33 bits per heavy atom. The maximum Gasteiger partial charge on any atom is 0.532 e. The first-order valence-corrected chi connectivity index (χ1v) is 3.67. The first-order valence-electron chi connectivity index (χ1n) is 2.99. The van der Waals surface area contributed by atoms with E-state index in [1.54, 1.807) is 18.2 Å². The van der Waals surface area contributed by atoms with Crippen LogP contribution in [0.25, 0.3) is 0 Å². The van der Waals surface area contributed by atoms with Gasteiger partial charge in [0, 0.05) is 0 Å². The number of hydrogen-bond acceptors (Lipinski definition) is 3. The Hall–Kier alpha value is -0.930. The van der Waals surface area contributed by atoms with Gasteiger partial charge in [0.25, 0.3) is 0 Å². The van der Waals surface area contributed by atoms with Crippen LogP contribution in [-0.4, -0.2) is 6.16 Å². The van der Waals surface area contributed by atoms with Gasteiger partial charge < -0.3 is 9.03 Å². The molecule has 0 unspecified atom stereocenters. The summed E-state index contributed by atoms with van der Waals surface area (Å²) < 4.78 is 8.33. The van der Waals surface area contributed by atoms with Gasteiger partial charge in [0.05, 0.1) is 5.02 Å². The number of para-hydroxylation sites is 1. The molecule has 0 radical (unpaired) electrons. The zero-order chi connectivity index (χ0) is 8.97. The Labute approximate surface area is 79.0 Å². The molecule has 5 heteroatoms. The Balaban J connectivity index is 2.75. The fraction of sp³-hybridized carbons (Fsp3) is 0. The third kappa shape index (κ3) is 2.29. The number of ether oxygens (including phenoxy) is 1. The van der Waals surface area contributed by atoms with Crippen LogP contribution in [0, 0.1) is 0 Å². The van der Waals surface area contributed by atoms with Gasteiger partial charge in [-0.3, -0.25) is 0 Å². The predicted octanol–water partition coefficient (Wildman–Crippen LogP) is 3.01. The summed E-state index contributed by atoms with van der Waals surface area (Å²) in [5, 5.41) is 0.319. The number of carbonyl (C=O) groups excluding carboxylic acids is 1. The van der Waals surface area contributed by atoms with Gasteiger partial charge in [-0.25, -0.2) is 4.79 Å². The molecule has 0 bridgehead atoms. The van der Waals surface area contributed by atoms with Crippen LogP contribution in [0.1, 0.15) is 0 Å². The van der Waals surface area contributed by atoms with E-state index in [-0.39, 0.29) is 5.75 Å². The minimum Gasteiger partial charge on any atom is -0.392 e. The maximum atomic E-state index is 10.5. The summed E-state index contributed by atoms with van der Waals surface area (Å²) >= 11 is 10.4. The summed E-state index contributed by atoms with van der Waals surface area (Å²) in [7, 11) is 0. The molecule has 12 heavy (non-hydrogen) atoms. The van der Waals surface area contributed by atoms with E-state index in [0.29, 0.717) is 5.02 Å². The third-order valence-electron chi connectivity index (χ3n) is 1.09. The first kappa shape index (κ1) is 9.16. The molecule has 0 N–H and O–H groups in total. The highest BCUT2D eigenvalue weighted by Gasteiger charge is 2.07. The van der Waals surface area contributed by atoms with Gasteiger partial charge in [0.15, 0.2) is 5.75 Å². The topological polar surface area (TPSA) is 35.5 Å². The molecule has 0 heterocycles. The van der Waals surface area contributed by atoms with Crippen LogP contribution >= 0.6 is 23.5 Å². The minimum absolute atomic E-state index is 0.213. The Morgan fingerprint density at radius 2 is 2.00 bits per heavy atom. The summed E-state index contributed by atoms with van der Waals surface area (Å²) in [6, 6.07) is 6.48. The molecule has 3 nitrogen and oxygen atoms in total. The van der Waals surface area contributed by atoms with Crippen LogP contribution in [0.4, 0.5) is 4.79 Å². The average Bonchev–Trinajstić information content (AvgIpc) is 2.09. The highest BCUT2D eigenvalue weighted by molar-refractivity contribution is 6.32. The number of benzene rings is 1. The molecule has 0 aromatic heterocycles. The SMILES string of the molecule is O=C(OCl)Oc1ccccc1Cl. The lowest BCUT2D eigenvalue weighted by atomic mass is 10.3. The van der Waals surface area contributed by atoms with Crippen molar-refractivity contribution in [1.82, 2.24) is 0 Å². The minimum atomic E-state index is -1.01. The number of rotatable bonds is 1. The van der Waals surface area contributed by atoms with E-state index in [9.17, 15) is 4.79 Å². The van der Waals surface area contributed by atoms with Crippen molar-refractivity contribution in [2.75, 3.05) is 0 Å². The van der Waals surface area contributed by atoms with Gasteiger partial charge in [0.1, 0.15) is 11.9 Å². The first-order chi connectivity index (χ1) is 5.74. The summed E-state index contributed by atoms with van der Waals surface area (Å²) in [6.07, 6.45) is -1.01. The van der Waals surface area contributed by atoms with E-state index in [4.69, 9.17) is 23.5 Å². The number of halogens is 2. The van der Waals surface area contributed by atoms with Crippen LogP contribution in [0.5, 0.6) is 5.75 Å². The summed E-state index contributed by atoms with van der Waals surface area (Å²) in [5.74, 6) is 0.213. The molecule has 64 valence electrons. The van der Waals surface area contributed by atoms with Gasteiger partial charge in [-0.05, 0) is 12.1 Å². The quantitative estimate of drug-likeness (QED) is 0.524. The van der Waals surface area contributed by atoms with Crippen molar-refractivity contribution in [3.05, 3.63) is 29.3 Å². The zero-order valence-electron chi connectivity index (χ0n) is 5.79. The van der Waals surface area contributed by atoms with Crippen molar-refractivity contribution < 1.29 is 13.8 Å². The van der Waals surface area contributed by atoms with Gasteiger partial charge in [0.2, 0.25) is 0 Å². The molecule has 0 aliphatic carbocycles. The largest absolute Gasteiger partial charge is 0.532 e. The van der Waals surface area contributed by atoms with E-state index in [0.717, 1.165) is 0 Å². The molecule has 0 saturated heterocycles. The van der Waals surface area contributed by atoms with E-state index in [1.165, 1.54) is 6.07 Å². The van der Waals surface area contributed by atoms with Crippen LogP contribution in [0.15, 0.2) is 24.3 Å². The molecular formula is C7H4Cl2O3. The lowest BCUT2D eigenvalue weighted by Gasteiger charge is -2.01. The van der Waals surface area contributed by atoms with Crippen molar-refractivity contribution in [1.29, 1.82) is 0 Å². The fourth-order valence-corrected chi connectivity index (χ4v) is 0.839. The number of hydrogen-bond donors (Lipinski definition) is 0. The molecular weight excluding hydrogens is 203 g/mol. The predicted molar refractivity (Wildman–Crippen MR) is 44.4 cm³/mol. The van der Waals surface area contributed by atoms with Gasteiger partial charge in [-0.2, -0.15) is 0 Å². The normalized spacial score (nSPS) is 9.17. The smallest absolute Gasteiger partial charge is 0.392 e. The third-order valence-corrected chi connectivity index (χ3v) is 1.53. The second-order valence-electron chi connectivity index (χ2n) is 1.86. The van der Waals surface area contributed by atoms with Gasteiger partial charge >= 0.3 is 6.16 Å². The van der Waals surface area contributed by atoms with Crippen molar-refractivity contribution in [2.45, 2.75) is 0 Å². The van der Waals surface area contributed by atoms with Crippen molar-refractivity contribution in [2.24, 2.45) is 0 Å². The second kappa shape index (κ2) is 4.18. The molecule has 0 aliphatic rings. The van der Waals surface area contributed by atoms with Crippen LogP contribution in [0.3, 0.4) is 0 Å². The standard InChI is InChI=1S/C7H4Cl2O3/c8-5-3-1-2-4-6(5)11-7(10)12-9/h1-4H. The Bertz CT molecular complexity index is 288. The Morgan fingerprint density at radius 3 is 2.58 bits per heavy atom. The molecule has 1 rings (SSSR count). The molecule has 0 saturated carbocycles. The lowest BCUT2D eigenvalue weighted by molar-refractivity contribution is 0.156. The molecule has 0 aliphatic heterocycles. The molecule has 0 spiro atoms. The molecule has 1 aromatic rings. The van der Waals surface area contributed by atoms with E-state index < -0.39 is 6.16 Å². The summed E-state index contributed by atoms with van der Waals surface area (Å²) in [6.45, 7) is 0. The molecule has 1 aromatic carbocycles. The monoisotopic (exact) mass is 206 g/mol. The van der Waals surface area contributed by atoms with Gasteiger partial charge in [-0.15, -0.1) is 0 Å². The van der Waals surface area contributed by atoms with Crippen molar-refractivity contribution in [3.8, 4) is 5.75 Å². The van der Waals surface area contributed by atoms with Crippen LogP contribution in [0.2, 0.25) is 5.02 Å². The maximum absolute atomic E-state index is 10.5. The number of carbonyl (C=O) groups is 1. The van der Waals surface area contributed by atoms with Crippen molar-refractivity contribution >= 4 is 29.6 Å². The zero-order valence-corrected chi connectivity index (χ0v) is 7.30. The van der Waals surface area contributed by atoms with Crippen LogP contribution in [-0.2, 0) is 4.29 Å².